The van der Waals surface area contributed by atoms with E-state index in [1.807, 2.05) is 0 Å². The van der Waals surface area contributed by atoms with Crippen LogP contribution in [0.5, 0.6) is 0 Å². The second kappa shape index (κ2) is 8.36. The molecular formula is C16H28N2O4. The van der Waals surface area contributed by atoms with Crippen molar-refractivity contribution in [3.8, 4) is 0 Å². The standard InChI is InChI=1S/C16H28N2O4/c1-12(10-15(19)21-3)14-7-5-9-22-16(14)17-18-8-4-6-13(18)11-20-2/h12-14H,4-11H2,1-3H3/b17-16+/t12-,13-,14-/m0/s1. The summed E-state index contributed by atoms with van der Waals surface area (Å²) in [4.78, 5) is 11.5. The molecule has 0 spiro atoms. The number of esters is 1. The van der Waals surface area contributed by atoms with Gasteiger partial charge in [-0.25, -0.2) is 0 Å². The molecule has 0 aromatic carbocycles. The van der Waals surface area contributed by atoms with E-state index in [0.717, 1.165) is 38.1 Å². The van der Waals surface area contributed by atoms with Gasteiger partial charge in [-0.2, -0.15) is 0 Å². The van der Waals surface area contributed by atoms with E-state index in [1.165, 1.54) is 7.11 Å². The van der Waals surface area contributed by atoms with Crippen LogP contribution in [0, 0.1) is 11.8 Å². The van der Waals surface area contributed by atoms with E-state index < -0.39 is 0 Å². The van der Waals surface area contributed by atoms with E-state index in [4.69, 9.17) is 19.3 Å². The first kappa shape index (κ1) is 17.1. The molecule has 2 aliphatic heterocycles. The lowest BCUT2D eigenvalue weighted by Gasteiger charge is -2.31. The van der Waals surface area contributed by atoms with Crippen molar-refractivity contribution in [1.82, 2.24) is 5.01 Å². The molecule has 0 unspecified atom stereocenters. The normalized spacial score (nSPS) is 28.5. The van der Waals surface area contributed by atoms with Crippen LogP contribution in [0.1, 0.15) is 39.0 Å². The summed E-state index contributed by atoms with van der Waals surface area (Å²) in [6, 6.07) is 0.333. The fourth-order valence-corrected chi connectivity index (χ4v) is 3.27. The molecule has 0 amide bonds. The highest BCUT2D eigenvalue weighted by atomic mass is 16.5. The molecule has 0 N–H and O–H groups in total. The average molecular weight is 312 g/mol. The molecular weight excluding hydrogens is 284 g/mol. The van der Waals surface area contributed by atoms with Crippen LogP contribution in [0.25, 0.3) is 0 Å². The van der Waals surface area contributed by atoms with Crippen LogP contribution in [-0.4, -0.2) is 56.9 Å². The predicted octanol–water partition coefficient (Wildman–Crippen LogP) is 2.04. The summed E-state index contributed by atoms with van der Waals surface area (Å²) in [7, 11) is 3.16. The van der Waals surface area contributed by atoms with Gasteiger partial charge in [-0.1, -0.05) is 6.92 Å². The first-order chi connectivity index (χ1) is 10.7. The zero-order chi connectivity index (χ0) is 15.9. The minimum Gasteiger partial charge on any atom is -0.480 e. The van der Waals surface area contributed by atoms with Crippen LogP contribution in [0.2, 0.25) is 0 Å². The highest BCUT2D eigenvalue weighted by molar-refractivity contribution is 5.80. The Morgan fingerprint density at radius 1 is 1.41 bits per heavy atom. The Balaban J connectivity index is 2.05. The number of rotatable bonds is 6. The summed E-state index contributed by atoms with van der Waals surface area (Å²) < 4.78 is 15.9. The number of methoxy groups -OCH3 is 2. The molecule has 2 fully saturated rings. The molecule has 0 bridgehead atoms. The Morgan fingerprint density at radius 3 is 2.95 bits per heavy atom. The summed E-state index contributed by atoms with van der Waals surface area (Å²) >= 11 is 0. The number of carbonyl (C=O) groups excluding carboxylic acids is 1. The smallest absolute Gasteiger partial charge is 0.305 e. The van der Waals surface area contributed by atoms with E-state index in [1.54, 1.807) is 7.11 Å². The third-order valence-electron chi connectivity index (χ3n) is 4.56. The minimum absolute atomic E-state index is 0.171. The van der Waals surface area contributed by atoms with Crippen LogP contribution in [0.3, 0.4) is 0 Å². The highest BCUT2D eigenvalue weighted by Gasteiger charge is 2.32. The first-order valence-corrected chi connectivity index (χ1v) is 8.19. The van der Waals surface area contributed by atoms with Gasteiger partial charge in [-0.3, -0.25) is 9.80 Å². The summed E-state index contributed by atoms with van der Waals surface area (Å²) in [5.41, 5.74) is 0. The zero-order valence-corrected chi connectivity index (χ0v) is 13.9. The van der Waals surface area contributed by atoms with Gasteiger partial charge in [-0.15, -0.1) is 5.10 Å². The van der Waals surface area contributed by atoms with Gasteiger partial charge in [0, 0.05) is 26.0 Å². The topological polar surface area (TPSA) is 60.4 Å². The van der Waals surface area contributed by atoms with Crippen molar-refractivity contribution in [1.29, 1.82) is 0 Å². The SMILES string of the molecule is COC[C@@H]1CCCN1/N=C1/OCCC[C@H]1[C@@H](C)CC(=O)OC. The number of hydrogen-bond acceptors (Lipinski definition) is 6. The van der Waals surface area contributed by atoms with Crippen molar-refractivity contribution in [2.24, 2.45) is 16.9 Å². The highest BCUT2D eigenvalue weighted by Crippen LogP contribution is 2.28. The van der Waals surface area contributed by atoms with Gasteiger partial charge in [-0.05, 0) is 31.6 Å². The summed E-state index contributed by atoms with van der Waals surface area (Å²) in [6.45, 7) is 4.42. The predicted molar refractivity (Wildman–Crippen MR) is 83.5 cm³/mol. The van der Waals surface area contributed by atoms with Crippen LogP contribution in [0.4, 0.5) is 0 Å². The second-order valence-corrected chi connectivity index (χ2v) is 6.21. The zero-order valence-electron chi connectivity index (χ0n) is 13.9. The fourth-order valence-electron chi connectivity index (χ4n) is 3.27. The lowest BCUT2D eigenvalue weighted by molar-refractivity contribution is -0.141. The molecule has 0 aromatic heterocycles. The number of hydrazone groups is 1. The van der Waals surface area contributed by atoms with Crippen LogP contribution < -0.4 is 0 Å². The van der Waals surface area contributed by atoms with Gasteiger partial charge in [0.1, 0.15) is 0 Å². The average Bonchev–Trinajstić information content (AvgIpc) is 2.95. The van der Waals surface area contributed by atoms with E-state index >= 15 is 0 Å². The summed E-state index contributed by atoms with van der Waals surface area (Å²) in [5, 5.41) is 6.87. The molecule has 2 rings (SSSR count). The Labute approximate surface area is 132 Å². The quantitative estimate of drug-likeness (QED) is 0.702. The molecule has 2 heterocycles. The van der Waals surface area contributed by atoms with Crippen LogP contribution in [0.15, 0.2) is 5.10 Å². The number of hydrogen-bond donors (Lipinski definition) is 0. The largest absolute Gasteiger partial charge is 0.480 e. The van der Waals surface area contributed by atoms with E-state index in [0.29, 0.717) is 25.7 Å². The molecule has 3 atom stereocenters. The van der Waals surface area contributed by atoms with Gasteiger partial charge in [0.25, 0.3) is 0 Å². The number of ether oxygens (including phenoxy) is 3. The van der Waals surface area contributed by atoms with Gasteiger partial charge < -0.3 is 14.2 Å². The third-order valence-corrected chi connectivity index (χ3v) is 4.56. The van der Waals surface area contributed by atoms with Gasteiger partial charge in [0.05, 0.1) is 26.4 Å². The summed E-state index contributed by atoms with van der Waals surface area (Å²) in [5.74, 6) is 0.980. The Morgan fingerprint density at radius 2 is 2.23 bits per heavy atom. The maximum absolute atomic E-state index is 11.5. The van der Waals surface area contributed by atoms with Crippen molar-refractivity contribution in [3.05, 3.63) is 0 Å². The van der Waals surface area contributed by atoms with Gasteiger partial charge in [0.15, 0.2) is 0 Å². The fraction of sp³-hybridized carbons (Fsp3) is 0.875. The molecule has 126 valence electrons. The Hall–Kier alpha value is -1.30. The number of nitrogens with zero attached hydrogens (tertiary/aromatic N) is 2. The second-order valence-electron chi connectivity index (χ2n) is 6.21. The van der Waals surface area contributed by atoms with E-state index in [2.05, 4.69) is 11.9 Å². The van der Waals surface area contributed by atoms with Crippen molar-refractivity contribution in [2.75, 3.05) is 34.0 Å². The molecule has 22 heavy (non-hydrogen) atoms. The van der Waals surface area contributed by atoms with Crippen molar-refractivity contribution < 1.29 is 19.0 Å². The van der Waals surface area contributed by atoms with E-state index in [9.17, 15) is 4.79 Å². The van der Waals surface area contributed by atoms with Crippen LogP contribution in [-0.2, 0) is 19.0 Å². The monoisotopic (exact) mass is 312 g/mol. The van der Waals surface area contributed by atoms with Crippen molar-refractivity contribution in [3.63, 3.8) is 0 Å². The van der Waals surface area contributed by atoms with Gasteiger partial charge >= 0.3 is 5.97 Å². The Bertz CT molecular complexity index is 400. The molecule has 6 nitrogen and oxygen atoms in total. The van der Waals surface area contributed by atoms with Gasteiger partial charge in [0.2, 0.25) is 5.90 Å². The molecule has 2 saturated heterocycles. The maximum atomic E-state index is 11.5. The third kappa shape index (κ3) is 4.35. The molecule has 6 heteroatoms. The molecule has 2 aliphatic rings. The minimum atomic E-state index is -0.171. The first-order valence-electron chi connectivity index (χ1n) is 8.19. The van der Waals surface area contributed by atoms with E-state index in [-0.39, 0.29) is 17.8 Å². The lowest BCUT2D eigenvalue weighted by atomic mass is 9.86. The summed E-state index contributed by atoms with van der Waals surface area (Å²) in [6.07, 6.45) is 4.67. The maximum Gasteiger partial charge on any atom is 0.305 e. The molecule has 0 saturated carbocycles. The lowest BCUT2D eigenvalue weighted by Crippen LogP contribution is -2.35. The van der Waals surface area contributed by atoms with Crippen LogP contribution >= 0.6 is 0 Å². The molecule has 0 aromatic rings. The Kier molecular flexibility index (Phi) is 6.49. The number of carbonyl (C=O) groups is 1. The van der Waals surface area contributed by atoms with Crippen molar-refractivity contribution in [2.45, 2.75) is 45.1 Å². The molecule has 0 aliphatic carbocycles. The van der Waals surface area contributed by atoms with Crippen molar-refractivity contribution >= 4 is 11.9 Å². The molecule has 0 radical (unpaired) electrons.